The van der Waals surface area contributed by atoms with E-state index in [0.717, 1.165) is 0 Å². The topological polar surface area (TPSA) is 32.9 Å². The summed E-state index contributed by atoms with van der Waals surface area (Å²) in [5.41, 5.74) is 0.671. The molecule has 1 rings (SSSR count). The van der Waals surface area contributed by atoms with Crippen LogP contribution in [0.2, 0.25) is 0 Å². The molecule has 1 heterocycles. The fraction of sp³-hybridized carbons (Fsp3) is 0.375. The van der Waals surface area contributed by atoms with Crippen LogP contribution in [-0.4, -0.2) is 10.8 Å². The molecular weight excluding hydrogens is 126 g/mol. The Hall–Kier alpha value is -1.05. The van der Waals surface area contributed by atoms with Crippen molar-refractivity contribution in [2.24, 2.45) is 0 Å². The number of nitrogens with one attached hydrogen (secondary N) is 1. The Morgan fingerprint density at radius 2 is 2.10 bits per heavy atom. The van der Waals surface area contributed by atoms with Crippen molar-refractivity contribution in [3.63, 3.8) is 0 Å². The van der Waals surface area contributed by atoms with Gasteiger partial charge in [-0.05, 0) is 12.1 Å². The van der Waals surface area contributed by atoms with Gasteiger partial charge in [0.25, 0.3) is 0 Å². The predicted octanol–water partition coefficient (Wildman–Crippen LogP) is 2.24. The summed E-state index contributed by atoms with van der Waals surface area (Å²) >= 11 is 0. The highest BCUT2D eigenvalue weighted by atomic mass is 16.1. The van der Waals surface area contributed by atoms with Crippen LogP contribution in [0.5, 0.6) is 0 Å². The second-order valence-electron chi connectivity index (χ2n) is 1.64. The van der Waals surface area contributed by atoms with Gasteiger partial charge in [0, 0.05) is 13.1 Å². The molecule has 0 bridgehead atoms. The van der Waals surface area contributed by atoms with E-state index in [1.165, 1.54) is 6.92 Å². The lowest BCUT2D eigenvalue weighted by Crippen LogP contribution is -1.89. The molecule has 0 saturated heterocycles. The standard InChI is InChI=1S/C6H7NO.C2H6/c1-5(8)6-3-2-4-7-6;1-2/h2-4,7H,1H3;1-2H3. The molecule has 0 radical (unpaired) electrons. The average molecular weight is 139 g/mol. The summed E-state index contributed by atoms with van der Waals surface area (Å²) in [6.45, 7) is 5.53. The molecule has 1 aromatic rings. The van der Waals surface area contributed by atoms with E-state index in [2.05, 4.69) is 4.98 Å². The van der Waals surface area contributed by atoms with E-state index < -0.39 is 0 Å². The van der Waals surface area contributed by atoms with Crippen molar-refractivity contribution in [3.8, 4) is 0 Å². The van der Waals surface area contributed by atoms with E-state index in [1.54, 1.807) is 18.3 Å². The van der Waals surface area contributed by atoms with Crippen LogP contribution in [-0.2, 0) is 0 Å². The normalized spacial score (nSPS) is 7.90. The lowest BCUT2D eigenvalue weighted by molar-refractivity contribution is 0.101. The van der Waals surface area contributed by atoms with Crippen LogP contribution in [0.3, 0.4) is 0 Å². The number of hydrogen-bond acceptors (Lipinski definition) is 1. The summed E-state index contributed by atoms with van der Waals surface area (Å²) in [4.78, 5) is 13.3. The highest BCUT2D eigenvalue weighted by Gasteiger charge is 1.94. The van der Waals surface area contributed by atoms with Crippen molar-refractivity contribution in [1.82, 2.24) is 4.98 Å². The Morgan fingerprint density at radius 3 is 2.30 bits per heavy atom. The van der Waals surface area contributed by atoms with Crippen LogP contribution in [0.4, 0.5) is 0 Å². The number of Topliss-reactive ketones (excluding diaryl/α,β-unsaturated/α-hetero) is 1. The highest BCUT2D eigenvalue weighted by Crippen LogP contribution is 1.93. The fourth-order valence-corrected chi connectivity index (χ4v) is 0.549. The molecule has 0 aliphatic carbocycles. The Labute approximate surface area is 61.3 Å². The van der Waals surface area contributed by atoms with Gasteiger partial charge in [-0.1, -0.05) is 13.8 Å². The van der Waals surface area contributed by atoms with Crippen LogP contribution in [0.15, 0.2) is 18.3 Å². The molecule has 0 fully saturated rings. The summed E-state index contributed by atoms with van der Waals surface area (Å²) in [7, 11) is 0. The van der Waals surface area contributed by atoms with Crippen molar-refractivity contribution in [2.75, 3.05) is 0 Å². The van der Waals surface area contributed by atoms with Crippen LogP contribution in [0.1, 0.15) is 31.3 Å². The van der Waals surface area contributed by atoms with Crippen LogP contribution >= 0.6 is 0 Å². The average Bonchev–Trinajstić information content (AvgIpc) is 2.42. The largest absolute Gasteiger partial charge is 0.359 e. The Bertz CT molecular complexity index is 177. The molecule has 0 spiro atoms. The maximum atomic E-state index is 10.5. The van der Waals surface area contributed by atoms with E-state index in [-0.39, 0.29) is 5.78 Å². The fourth-order valence-electron chi connectivity index (χ4n) is 0.549. The number of aromatic nitrogens is 1. The van der Waals surface area contributed by atoms with E-state index >= 15 is 0 Å². The number of carbonyl (C=O) groups is 1. The summed E-state index contributed by atoms with van der Waals surface area (Å²) < 4.78 is 0. The monoisotopic (exact) mass is 139 g/mol. The zero-order valence-corrected chi connectivity index (χ0v) is 6.64. The first-order chi connectivity index (χ1) is 4.80. The first-order valence-corrected chi connectivity index (χ1v) is 3.45. The molecule has 0 aliphatic heterocycles. The van der Waals surface area contributed by atoms with Crippen molar-refractivity contribution >= 4 is 5.78 Å². The Kier molecular flexibility index (Phi) is 4.29. The third kappa shape index (κ3) is 2.49. The zero-order chi connectivity index (χ0) is 7.98. The van der Waals surface area contributed by atoms with Crippen LogP contribution < -0.4 is 0 Å². The molecule has 0 amide bonds. The number of carbonyl (C=O) groups excluding carboxylic acids is 1. The van der Waals surface area contributed by atoms with Gasteiger partial charge in [0.2, 0.25) is 0 Å². The van der Waals surface area contributed by atoms with Gasteiger partial charge in [-0.25, -0.2) is 0 Å². The van der Waals surface area contributed by atoms with Crippen molar-refractivity contribution < 1.29 is 4.79 Å². The molecule has 0 atom stereocenters. The summed E-state index contributed by atoms with van der Waals surface area (Å²) in [6, 6.07) is 3.55. The minimum Gasteiger partial charge on any atom is -0.359 e. The molecule has 2 heteroatoms. The van der Waals surface area contributed by atoms with Gasteiger partial charge >= 0.3 is 0 Å². The van der Waals surface area contributed by atoms with E-state index in [9.17, 15) is 4.79 Å². The van der Waals surface area contributed by atoms with Crippen LogP contribution in [0, 0.1) is 0 Å². The van der Waals surface area contributed by atoms with Gasteiger partial charge in [-0.2, -0.15) is 0 Å². The third-order valence-electron chi connectivity index (χ3n) is 0.977. The maximum Gasteiger partial charge on any atom is 0.175 e. The van der Waals surface area contributed by atoms with E-state index in [4.69, 9.17) is 0 Å². The first kappa shape index (κ1) is 8.95. The lowest BCUT2D eigenvalue weighted by Gasteiger charge is -1.81. The van der Waals surface area contributed by atoms with Gasteiger partial charge in [0.05, 0.1) is 5.69 Å². The van der Waals surface area contributed by atoms with Gasteiger partial charge in [0.1, 0.15) is 0 Å². The predicted molar refractivity (Wildman–Crippen MR) is 42.1 cm³/mol. The Morgan fingerprint density at radius 1 is 1.50 bits per heavy atom. The third-order valence-corrected chi connectivity index (χ3v) is 0.977. The smallest absolute Gasteiger partial charge is 0.175 e. The molecule has 0 aromatic carbocycles. The summed E-state index contributed by atoms with van der Waals surface area (Å²) in [5.74, 6) is 0.0787. The number of ketones is 1. The molecule has 1 aromatic heterocycles. The van der Waals surface area contributed by atoms with Gasteiger partial charge in [-0.15, -0.1) is 0 Å². The SMILES string of the molecule is CC.CC(=O)c1ccc[nH]1. The maximum absolute atomic E-state index is 10.5. The van der Waals surface area contributed by atoms with E-state index in [1.807, 2.05) is 13.8 Å². The van der Waals surface area contributed by atoms with Gasteiger partial charge < -0.3 is 4.98 Å². The van der Waals surface area contributed by atoms with Crippen LogP contribution in [0.25, 0.3) is 0 Å². The van der Waals surface area contributed by atoms with E-state index in [0.29, 0.717) is 5.69 Å². The molecule has 56 valence electrons. The minimum atomic E-state index is 0.0787. The molecule has 0 aliphatic rings. The molecule has 1 N–H and O–H groups in total. The first-order valence-electron chi connectivity index (χ1n) is 3.45. The van der Waals surface area contributed by atoms with Gasteiger partial charge in [-0.3, -0.25) is 4.79 Å². The summed E-state index contributed by atoms with van der Waals surface area (Å²) in [6.07, 6.45) is 1.73. The number of aromatic amines is 1. The Balaban J connectivity index is 0.000000371. The highest BCUT2D eigenvalue weighted by molar-refractivity contribution is 5.92. The minimum absolute atomic E-state index is 0.0787. The molecule has 10 heavy (non-hydrogen) atoms. The number of H-pyrrole nitrogens is 1. The lowest BCUT2D eigenvalue weighted by atomic mass is 10.3. The number of hydrogen-bond donors (Lipinski definition) is 1. The molecule has 0 unspecified atom stereocenters. The number of rotatable bonds is 1. The van der Waals surface area contributed by atoms with Gasteiger partial charge in [0.15, 0.2) is 5.78 Å². The molecular formula is C8H13NO. The quantitative estimate of drug-likeness (QED) is 0.594. The molecule has 2 nitrogen and oxygen atoms in total. The van der Waals surface area contributed by atoms with Crippen molar-refractivity contribution in [2.45, 2.75) is 20.8 Å². The second kappa shape index (κ2) is 4.79. The summed E-state index contributed by atoms with van der Waals surface area (Å²) in [5, 5.41) is 0. The van der Waals surface area contributed by atoms with Crippen molar-refractivity contribution in [1.29, 1.82) is 0 Å². The zero-order valence-electron chi connectivity index (χ0n) is 6.64. The second-order valence-corrected chi connectivity index (χ2v) is 1.64. The van der Waals surface area contributed by atoms with Crippen molar-refractivity contribution in [3.05, 3.63) is 24.0 Å². The molecule has 0 saturated carbocycles.